The van der Waals surface area contributed by atoms with E-state index >= 15 is 0 Å². The molecule has 0 aromatic heterocycles. The molecule has 14 heavy (non-hydrogen) atoms. The van der Waals surface area contributed by atoms with Crippen LogP contribution in [0.5, 0.6) is 5.75 Å². The number of hydrogen-bond acceptors (Lipinski definition) is 2. The molecule has 0 saturated carbocycles. The Hall–Kier alpha value is -1.57. The number of carbonyl (C=O) groups is 1. The van der Waals surface area contributed by atoms with Gasteiger partial charge in [-0.1, -0.05) is 18.2 Å². The van der Waals surface area contributed by atoms with E-state index in [1.807, 2.05) is 24.3 Å². The number of allylic oxidation sites excluding steroid dienone is 2. The predicted molar refractivity (Wildman–Crippen MR) is 52.0 cm³/mol. The second-order valence-electron chi connectivity index (χ2n) is 3.71. The van der Waals surface area contributed by atoms with Crippen molar-refractivity contribution in [3.63, 3.8) is 0 Å². The van der Waals surface area contributed by atoms with E-state index in [-0.39, 0.29) is 5.78 Å². The van der Waals surface area contributed by atoms with E-state index in [9.17, 15) is 4.79 Å². The van der Waals surface area contributed by atoms with Crippen LogP contribution in [0.25, 0.3) is 0 Å². The predicted octanol–water partition coefficient (Wildman–Crippen LogP) is 2.24. The number of ether oxygens (including phenoxy) is 1. The van der Waals surface area contributed by atoms with Gasteiger partial charge in [-0.15, -0.1) is 0 Å². The summed E-state index contributed by atoms with van der Waals surface area (Å²) in [7, 11) is 0. The van der Waals surface area contributed by atoms with Gasteiger partial charge in [-0.3, -0.25) is 4.79 Å². The van der Waals surface area contributed by atoms with Gasteiger partial charge in [-0.25, -0.2) is 0 Å². The van der Waals surface area contributed by atoms with Crippen molar-refractivity contribution in [2.75, 3.05) is 0 Å². The number of fused-ring (bicyclic) bond motifs is 1. The summed E-state index contributed by atoms with van der Waals surface area (Å²) in [5.41, 5.74) is 2.02. The molecule has 1 aromatic rings. The maximum Gasteiger partial charge on any atom is 0.163 e. The normalized spacial score (nSPS) is 19.0. The molecule has 0 radical (unpaired) electrons. The number of ketones is 1. The largest absolute Gasteiger partial charge is 0.461 e. The van der Waals surface area contributed by atoms with E-state index in [2.05, 4.69) is 0 Å². The lowest BCUT2D eigenvalue weighted by molar-refractivity contribution is -0.115. The van der Waals surface area contributed by atoms with Crippen molar-refractivity contribution >= 4 is 5.78 Å². The summed E-state index contributed by atoms with van der Waals surface area (Å²) in [6.45, 7) is 0. The molecule has 1 aliphatic carbocycles. The molecular weight excluding hydrogens is 176 g/mol. The highest BCUT2D eigenvalue weighted by Gasteiger charge is 2.29. The lowest BCUT2D eigenvalue weighted by Gasteiger charge is -2.18. The average molecular weight is 186 g/mol. The Kier molecular flexibility index (Phi) is 1.51. The van der Waals surface area contributed by atoms with E-state index in [4.69, 9.17) is 4.74 Å². The molecule has 70 valence electrons. The number of Topliss-reactive ketones (excluding diaryl/α,β-unsaturated/α-hetero) is 1. The molecule has 2 heteroatoms. The number of rotatable bonds is 0. The molecule has 0 amide bonds. The second-order valence-corrected chi connectivity index (χ2v) is 3.71. The van der Waals surface area contributed by atoms with E-state index in [1.54, 1.807) is 0 Å². The van der Waals surface area contributed by atoms with Crippen molar-refractivity contribution in [3.8, 4) is 5.75 Å². The summed E-state index contributed by atoms with van der Waals surface area (Å²) in [4.78, 5) is 11.5. The molecular formula is C12H10O2. The molecule has 1 heterocycles. The minimum absolute atomic E-state index is 0.259. The third-order valence-corrected chi connectivity index (χ3v) is 2.83. The number of benzene rings is 1. The van der Waals surface area contributed by atoms with Crippen molar-refractivity contribution in [1.82, 2.24) is 0 Å². The third kappa shape index (κ3) is 1.00. The van der Waals surface area contributed by atoms with Crippen molar-refractivity contribution in [1.29, 1.82) is 0 Å². The zero-order valence-corrected chi connectivity index (χ0v) is 7.75. The standard InChI is InChI=1S/C12H10O2/c13-10-5-6-12-9(10)7-8-3-1-2-4-11(8)14-12/h1-4H,5-7H2. The SMILES string of the molecule is O=C1CCC2=C1Cc1ccccc1O2. The second kappa shape index (κ2) is 2.71. The smallest absolute Gasteiger partial charge is 0.163 e. The van der Waals surface area contributed by atoms with Crippen LogP contribution in [0.3, 0.4) is 0 Å². The molecule has 0 fully saturated rings. The third-order valence-electron chi connectivity index (χ3n) is 2.83. The highest BCUT2D eigenvalue weighted by atomic mass is 16.5. The van der Waals surface area contributed by atoms with Crippen LogP contribution in [0.4, 0.5) is 0 Å². The first kappa shape index (κ1) is 7.80. The maximum atomic E-state index is 11.5. The van der Waals surface area contributed by atoms with Crippen LogP contribution in [-0.2, 0) is 11.2 Å². The fraction of sp³-hybridized carbons (Fsp3) is 0.250. The van der Waals surface area contributed by atoms with Gasteiger partial charge in [-0.2, -0.15) is 0 Å². The minimum atomic E-state index is 0.259. The first-order chi connectivity index (χ1) is 6.84. The zero-order valence-electron chi connectivity index (χ0n) is 7.75. The number of para-hydroxylation sites is 1. The van der Waals surface area contributed by atoms with Gasteiger partial charge in [-0.05, 0) is 11.6 Å². The molecule has 0 bridgehead atoms. The van der Waals surface area contributed by atoms with Crippen LogP contribution in [0, 0.1) is 0 Å². The molecule has 2 nitrogen and oxygen atoms in total. The summed E-state index contributed by atoms with van der Waals surface area (Å²) in [6.07, 6.45) is 2.16. The van der Waals surface area contributed by atoms with E-state index in [0.29, 0.717) is 6.42 Å². The van der Waals surface area contributed by atoms with Gasteiger partial charge in [0.05, 0.1) is 0 Å². The van der Waals surface area contributed by atoms with Gasteiger partial charge in [0.2, 0.25) is 0 Å². The lowest BCUT2D eigenvalue weighted by atomic mass is 10.0. The quantitative estimate of drug-likeness (QED) is 0.621. The highest BCUT2D eigenvalue weighted by molar-refractivity contribution is 5.99. The molecule has 0 atom stereocenters. The van der Waals surface area contributed by atoms with Crippen LogP contribution in [0.15, 0.2) is 35.6 Å². The Morgan fingerprint density at radius 1 is 1.14 bits per heavy atom. The molecule has 3 rings (SSSR count). The topological polar surface area (TPSA) is 26.3 Å². The fourth-order valence-electron chi connectivity index (χ4n) is 2.07. The van der Waals surface area contributed by atoms with Gasteiger partial charge in [0.1, 0.15) is 11.5 Å². The Balaban J connectivity index is 2.06. The Bertz CT molecular complexity index is 443. The van der Waals surface area contributed by atoms with Gasteiger partial charge in [0, 0.05) is 24.8 Å². The van der Waals surface area contributed by atoms with Crippen LogP contribution in [0.1, 0.15) is 18.4 Å². The molecule has 1 aromatic carbocycles. The van der Waals surface area contributed by atoms with Gasteiger partial charge in [0.25, 0.3) is 0 Å². The van der Waals surface area contributed by atoms with Crippen LogP contribution in [-0.4, -0.2) is 5.78 Å². The molecule has 1 aliphatic heterocycles. The van der Waals surface area contributed by atoms with Crippen molar-refractivity contribution in [2.45, 2.75) is 19.3 Å². The zero-order chi connectivity index (χ0) is 9.54. The summed E-state index contributed by atoms with van der Waals surface area (Å²) < 4.78 is 5.69. The van der Waals surface area contributed by atoms with Crippen molar-refractivity contribution in [3.05, 3.63) is 41.2 Å². The summed E-state index contributed by atoms with van der Waals surface area (Å²) in [6, 6.07) is 7.92. The molecule has 0 unspecified atom stereocenters. The highest BCUT2D eigenvalue weighted by Crippen LogP contribution is 2.35. The average Bonchev–Trinajstić information content (AvgIpc) is 2.57. The number of hydrogen-bond donors (Lipinski definition) is 0. The Labute approximate surface area is 82.2 Å². The summed E-state index contributed by atoms with van der Waals surface area (Å²) in [5, 5.41) is 0. The first-order valence-electron chi connectivity index (χ1n) is 4.85. The summed E-state index contributed by atoms with van der Waals surface area (Å²) >= 11 is 0. The van der Waals surface area contributed by atoms with Gasteiger partial charge >= 0.3 is 0 Å². The van der Waals surface area contributed by atoms with Crippen LogP contribution < -0.4 is 4.74 Å². The maximum absolute atomic E-state index is 11.5. The van der Waals surface area contributed by atoms with Gasteiger partial charge < -0.3 is 4.74 Å². The number of carbonyl (C=O) groups excluding carboxylic acids is 1. The molecule has 0 N–H and O–H groups in total. The van der Waals surface area contributed by atoms with Gasteiger partial charge in [0.15, 0.2) is 5.78 Å². The monoisotopic (exact) mass is 186 g/mol. The molecule has 2 aliphatic rings. The van der Waals surface area contributed by atoms with Crippen molar-refractivity contribution < 1.29 is 9.53 Å². The fourth-order valence-corrected chi connectivity index (χ4v) is 2.07. The first-order valence-corrected chi connectivity index (χ1v) is 4.85. The minimum Gasteiger partial charge on any atom is -0.461 e. The Morgan fingerprint density at radius 3 is 2.93 bits per heavy atom. The van der Waals surface area contributed by atoms with Crippen LogP contribution in [0.2, 0.25) is 0 Å². The molecule has 0 saturated heterocycles. The van der Waals surface area contributed by atoms with E-state index in [0.717, 1.165) is 35.5 Å². The van der Waals surface area contributed by atoms with Crippen molar-refractivity contribution in [2.24, 2.45) is 0 Å². The summed E-state index contributed by atoms with van der Waals surface area (Å²) in [5.74, 6) is 2.07. The van der Waals surface area contributed by atoms with E-state index < -0.39 is 0 Å². The van der Waals surface area contributed by atoms with Crippen LogP contribution >= 0.6 is 0 Å². The Morgan fingerprint density at radius 2 is 2.00 bits per heavy atom. The van der Waals surface area contributed by atoms with E-state index in [1.165, 1.54) is 0 Å². The lowest BCUT2D eigenvalue weighted by Crippen LogP contribution is -2.09. The molecule has 0 spiro atoms.